The zero-order valence-corrected chi connectivity index (χ0v) is 66.7. The second-order valence-corrected chi connectivity index (χ2v) is 31.9. The minimum absolute atomic E-state index is 0.631. The SMILES string of the molecule is c1ccc(-n2c(-c3ccc(-c4ccc(-c5nc6ccccc6c6c5ccc5nsnc56)cc4)cc3)nc3ccccc32)cc1.c1ccc2oc(-c3ccc(-c4ccc(-c5nc6ccccc6c6c5ccc5nsnc56)cc4)cc3)nc2c1.c1ccc2sc(-c3ccc(-c4ccc(-c5nc6ccccc6c6c5ccc5nsnc56)cc4)cc3)nc2c1. The lowest BCUT2D eigenvalue weighted by molar-refractivity contribution is 0.620. The topological polar surface area (TPSA) is 173 Å². The number of hydrogen-bond donors (Lipinski definition) is 0. The molecule has 0 aliphatic carbocycles. The van der Waals surface area contributed by atoms with Crippen LogP contribution in [-0.2, 0) is 0 Å². The number of aromatic nitrogens is 13. The van der Waals surface area contributed by atoms with Crippen LogP contribution in [0, 0.1) is 0 Å². The van der Waals surface area contributed by atoms with Crippen molar-refractivity contribution in [1.82, 2.24) is 60.7 Å². The molecule has 18 heteroatoms. The van der Waals surface area contributed by atoms with Gasteiger partial charge in [-0.05, 0) is 149 Å². The van der Waals surface area contributed by atoms with E-state index in [1.807, 2.05) is 84.9 Å². The molecule has 120 heavy (non-hydrogen) atoms. The van der Waals surface area contributed by atoms with Crippen LogP contribution in [0.2, 0.25) is 0 Å². The van der Waals surface area contributed by atoms with Gasteiger partial charge in [-0.25, -0.2) is 29.9 Å². The summed E-state index contributed by atoms with van der Waals surface area (Å²) < 4.78 is 36.7. The highest BCUT2D eigenvalue weighted by atomic mass is 32.1. The molecule has 0 saturated carbocycles. The number of oxazole rings is 1. The molecule has 0 saturated heterocycles. The van der Waals surface area contributed by atoms with E-state index in [1.165, 1.54) is 51.0 Å². The second-order valence-electron chi connectivity index (χ2n) is 29.3. The van der Waals surface area contributed by atoms with E-state index in [1.54, 1.807) is 11.3 Å². The normalized spacial score (nSPS) is 11.7. The highest BCUT2D eigenvalue weighted by Gasteiger charge is 2.22. The van der Waals surface area contributed by atoms with Crippen molar-refractivity contribution in [2.24, 2.45) is 0 Å². The van der Waals surface area contributed by atoms with Crippen molar-refractivity contribution in [1.29, 1.82) is 0 Å². The lowest BCUT2D eigenvalue weighted by Crippen LogP contribution is -1.97. The Balaban J connectivity index is 0.000000105. The molecule has 9 aromatic heterocycles. The molecule has 0 aliphatic rings. The Hall–Kier alpha value is -15.2. The predicted molar refractivity (Wildman–Crippen MR) is 495 cm³/mol. The molecular weight excluding hydrogens is 1550 g/mol. The van der Waals surface area contributed by atoms with Gasteiger partial charge in [-0.1, -0.05) is 243 Å². The highest BCUT2D eigenvalue weighted by Crippen LogP contribution is 2.43. The molecule has 25 aromatic rings. The van der Waals surface area contributed by atoms with E-state index < -0.39 is 0 Å². The van der Waals surface area contributed by atoms with Gasteiger partial charge in [0.25, 0.3) is 0 Å². The first-order valence-corrected chi connectivity index (χ1v) is 42.2. The van der Waals surface area contributed by atoms with Crippen LogP contribution in [0.4, 0.5) is 0 Å². The van der Waals surface area contributed by atoms with E-state index in [2.05, 4.69) is 309 Å². The van der Waals surface area contributed by atoms with E-state index >= 15 is 0 Å². The first-order valence-electron chi connectivity index (χ1n) is 39.1. The van der Waals surface area contributed by atoms with Crippen LogP contribution in [0.25, 0.3) is 237 Å². The summed E-state index contributed by atoms with van der Waals surface area (Å²) in [6.07, 6.45) is 0. The minimum atomic E-state index is 0.631. The summed E-state index contributed by atoms with van der Waals surface area (Å²) >= 11 is 5.48. The molecule has 0 spiro atoms. The number of rotatable bonds is 10. The van der Waals surface area contributed by atoms with Gasteiger partial charge in [0, 0.05) is 87.5 Å². The fraction of sp³-hybridized carbons (Fsp3) is 0. The van der Waals surface area contributed by atoms with E-state index in [0.717, 1.165) is 215 Å². The van der Waals surface area contributed by atoms with Gasteiger partial charge in [0.2, 0.25) is 5.89 Å². The van der Waals surface area contributed by atoms with Crippen LogP contribution in [0.5, 0.6) is 0 Å². The van der Waals surface area contributed by atoms with Crippen molar-refractivity contribution < 1.29 is 4.42 Å². The van der Waals surface area contributed by atoms with Crippen molar-refractivity contribution >= 4 is 177 Å². The monoisotopic (exact) mass is 1610 g/mol. The Morgan fingerprint density at radius 3 is 1.02 bits per heavy atom. The summed E-state index contributed by atoms with van der Waals surface area (Å²) in [5, 5.41) is 10.9. The zero-order chi connectivity index (χ0) is 79.1. The van der Waals surface area contributed by atoms with Gasteiger partial charge in [-0.15, -0.1) is 11.3 Å². The van der Waals surface area contributed by atoms with Gasteiger partial charge >= 0.3 is 0 Å². The third-order valence-electron chi connectivity index (χ3n) is 22.3. The van der Waals surface area contributed by atoms with Crippen LogP contribution in [0.3, 0.4) is 0 Å². The van der Waals surface area contributed by atoms with Crippen LogP contribution in [-0.4, -0.2) is 60.7 Å². The molecule has 16 aromatic carbocycles. The summed E-state index contributed by atoms with van der Waals surface area (Å²) in [5.74, 6) is 1.56. The average Bonchev–Trinajstić information content (AvgIpc) is 1.19. The lowest BCUT2D eigenvalue weighted by atomic mass is 9.97. The molecule has 14 nitrogen and oxygen atoms in total. The van der Waals surface area contributed by atoms with Gasteiger partial charge in [0.15, 0.2) is 5.58 Å². The third-order valence-corrected chi connectivity index (χ3v) is 25.0. The molecule has 0 unspecified atom stereocenters. The van der Waals surface area contributed by atoms with Crippen molar-refractivity contribution in [3.05, 3.63) is 358 Å². The zero-order valence-electron chi connectivity index (χ0n) is 63.4. The molecule has 0 N–H and O–H groups in total. The van der Waals surface area contributed by atoms with Gasteiger partial charge in [0.05, 0.1) is 90.1 Å². The second kappa shape index (κ2) is 29.5. The maximum Gasteiger partial charge on any atom is 0.227 e. The van der Waals surface area contributed by atoms with E-state index in [0.29, 0.717) is 5.89 Å². The summed E-state index contributed by atoms with van der Waals surface area (Å²) in [7, 11) is 0. The van der Waals surface area contributed by atoms with Crippen LogP contribution in [0.15, 0.2) is 362 Å². The first kappa shape index (κ1) is 70.2. The standard InChI is InChI=1S/C38H23N5S.C32H18N4OS.C32H18N4S2/c1-2-8-28(9-3-1)43-34-13-7-6-12-32(34)40-38(43)27-20-16-25(17-21-27)24-14-18-26(19-15-24)36-30-22-23-33-37(42-44-41-33)35(30)29-10-4-5-11-31(29)39-36;2*1-2-6-25-23(5-1)29-24(17-18-27-31(29)36-38-35-27)30(33-25)21-13-9-19(10-14-21)20-11-15-22(16-12-20)32-34-26-7-3-4-8-28(26)37-32/h1-23H;2*1-18H. The molecule has 0 fully saturated rings. The van der Waals surface area contributed by atoms with Gasteiger partial charge in [0.1, 0.15) is 49.4 Å². The molecule has 0 atom stereocenters. The number of hydrogen-bond acceptors (Lipinski definition) is 17. The van der Waals surface area contributed by atoms with Gasteiger partial charge in [-0.3, -0.25) is 4.57 Å². The van der Waals surface area contributed by atoms with Crippen molar-refractivity contribution in [2.75, 3.05) is 0 Å². The van der Waals surface area contributed by atoms with E-state index in [4.69, 9.17) is 29.3 Å². The Labute approximate surface area is 701 Å². The van der Waals surface area contributed by atoms with Crippen LogP contribution >= 0.6 is 46.5 Å². The molecule has 562 valence electrons. The molecule has 9 heterocycles. The summed E-state index contributed by atoms with van der Waals surface area (Å²) in [6.45, 7) is 0. The molecular formula is C102H59N13OS4. The number of para-hydroxylation sites is 9. The Kier molecular flexibility index (Phi) is 17.3. The fourth-order valence-electron chi connectivity index (χ4n) is 16.4. The Morgan fingerprint density at radius 1 is 0.225 bits per heavy atom. The lowest BCUT2D eigenvalue weighted by Gasteiger charge is -2.12. The molecule has 0 radical (unpaired) electrons. The minimum Gasteiger partial charge on any atom is -0.436 e. The van der Waals surface area contributed by atoms with E-state index in [9.17, 15) is 0 Å². The predicted octanol–water partition coefficient (Wildman–Crippen LogP) is 27.3. The molecule has 0 aliphatic heterocycles. The van der Waals surface area contributed by atoms with Crippen molar-refractivity contribution in [3.63, 3.8) is 0 Å². The number of thiazole rings is 1. The van der Waals surface area contributed by atoms with E-state index in [-0.39, 0.29) is 0 Å². The molecule has 25 rings (SSSR count). The first-order chi connectivity index (χ1) is 59.4. The Morgan fingerprint density at radius 2 is 0.583 bits per heavy atom. The fourth-order valence-corrected chi connectivity index (χ4v) is 19.0. The summed E-state index contributed by atoms with van der Waals surface area (Å²) in [5.41, 5.74) is 30.5. The average molecular weight is 1610 g/mol. The van der Waals surface area contributed by atoms with Crippen molar-refractivity contribution in [3.8, 4) is 106 Å². The van der Waals surface area contributed by atoms with Crippen LogP contribution < -0.4 is 0 Å². The largest absolute Gasteiger partial charge is 0.436 e. The maximum absolute atomic E-state index is 5.93. The van der Waals surface area contributed by atoms with Crippen LogP contribution in [0.1, 0.15) is 0 Å². The summed E-state index contributed by atoms with van der Waals surface area (Å²) in [6, 6.07) is 124. The summed E-state index contributed by atoms with van der Waals surface area (Å²) in [4.78, 5) is 29.7. The molecule has 0 amide bonds. The number of pyridine rings is 3. The number of fused-ring (bicyclic) bond motifs is 18. The quantitative estimate of drug-likeness (QED) is 0.119. The third kappa shape index (κ3) is 12.5. The highest BCUT2D eigenvalue weighted by molar-refractivity contribution is 7.21. The van der Waals surface area contributed by atoms with Gasteiger partial charge in [-0.2, -0.15) is 26.2 Å². The molecule has 0 bridgehead atoms. The Bertz CT molecular complexity index is 7900. The smallest absolute Gasteiger partial charge is 0.227 e. The number of imidazole rings is 1. The number of nitrogens with zero attached hydrogens (tertiary/aromatic N) is 13. The number of benzene rings is 16. The van der Waals surface area contributed by atoms with Crippen molar-refractivity contribution in [2.45, 2.75) is 0 Å². The maximum atomic E-state index is 5.93. The van der Waals surface area contributed by atoms with Gasteiger partial charge < -0.3 is 4.42 Å².